The Morgan fingerprint density at radius 1 is 1.42 bits per heavy atom. The largest absolute Gasteiger partial charge is 0.496 e. The molecule has 0 atom stereocenters. The van der Waals surface area contributed by atoms with Gasteiger partial charge in [0, 0.05) is 5.56 Å². The third-order valence-electron chi connectivity index (χ3n) is 3.00. The monoisotopic (exact) mass is 278 g/mol. The van der Waals surface area contributed by atoms with Crippen LogP contribution in [0.4, 0.5) is 5.13 Å². The predicted molar refractivity (Wildman–Crippen MR) is 78.5 cm³/mol. The fraction of sp³-hybridized carbons (Fsp3) is 0.357. The Bertz CT molecular complexity index is 579. The smallest absolute Gasteiger partial charge is 0.180 e. The molecule has 0 aliphatic rings. The molecule has 5 heteroatoms. The zero-order valence-electron chi connectivity index (χ0n) is 11.3. The second kappa shape index (κ2) is 5.59. The number of rotatable bonds is 4. The van der Waals surface area contributed by atoms with Crippen molar-refractivity contribution in [3.05, 3.63) is 28.6 Å². The van der Waals surface area contributed by atoms with E-state index in [2.05, 4.69) is 24.9 Å². The highest BCUT2D eigenvalue weighted by atomic mass is 32.1. The highest BCUT2D eigenvalue weighted by Crippen LogP contribution is 2.37. The van der Waals surface area contributed by atoms with Crippen molar-refractivity contribution in [2.45, 2.75) is 26.4 Å². The molecule has 102 valence electrons. The van der Waals surface area contributed by atoms with Crippen LogP contribution in [0.1, 0.15) is 30.2 Å². The predicted octanol–water partition coefficient (Wildman–Crippen LogP) is 3.02. The number of aliphatic hydroxyl groups excluding tert-OH is 1. The molecule has 2 aromatic rings. The van der Waals surface area contributed by atoms with Crippen molar-refractivity contribution in [2.24, 2.45) is 0 Å². The number of hydrogen-bond acceptors (Lipinski definition) is 5. The van der Waals surface area contributed by atoms with Crippen LogP contribution in [0, 0.1) is 0 Å². The molecule has 1 heterocycles. The first-order chi connectivity index (χ1) is 9.06. The van der Waals surface area contributed by atoms with E-state index in [0.717, 1.165) is 16.2 Å². The summed E-state index contributed by atoms with van der Waals surface area (Å²) < 4.78 is 5.39. The van der Waals surface area contributed by atoms with Gasteiger partial charge in [-0.05, 0) is 23.6 Å². The van der Waals surface area contributed by atoms with Crippen LogP contribution in [0.25, 0.3) is 11.3 Å². The molecule has 1 aromatic carbocycles. The molecule has 0 bridgehead atoms. The minimum absolute atomic E-state index is 0.0702. The number of aliphatic hydroxyl groups is 1. The van der Waals surface area contributed by atoms with Crippen LogP contribution in [0.5, 0.6) is 5.75 Å². The molecule has 0 unspecified atom stereocenters. The van der Waals surface area contributed by atoms with Crippen LogP contribution in [-0.2, 0) is 6.61 Å². The van der Waals surface area contributed by atoms with Gasteiger partial charge in [-0.3, -0.25) is 0 Å². The Morgan fingerprint density at radius 3 is 2.74 bits per heavy atom. The molecule has 2 rings (SSSR count). The fourth-order valence-corrected chi connectivity index (χ4v) is 2.66. The van der Waals surface area contributed by atoms with E-state index in [4.69, 9.17) is 10.5 Å². The van der Waals surface area contributed by atoms with E-state index in [1.165, 1.54) is 16.9 Å². The number of nitrogens with zero attached hydrogens (tertiary/aromatic N) is 1. The van der Waals surface area contributed by atoms with Crippen molar-refractivity contribution in [2.75, 3.05) is 12.8 Å². The summed E-state index contributed by atoms with van der Waals surface area (Å²) in [7, 11) is 1.63. The second-order valence-electron chi connectivity index (χ2n) is 4.60. The molecule has 0 radical (unpaired) electrons. The molecule has 0 saturated carbocycles. The number of benzene rings is 1. The van der Waals surface area contributed by atoms with Gasteiger partial charge in [0.1, 0.15) is 5.75 Å². The number of ether oxygens (including phenoxy) is 1. The molecule has 0 amide bonds. The summed E-state index contributed by atoms with van der Waals surface area (Å²) in [6.45, 7) is 4.20. The average Bonchev–Trinajstić information content (AvgIpc) is 2.78. The number of thiazole rings is 1. The molecule has 0 fully saturated rings. The lowest BCUT2D eigenvalue weighted by Crippen LogP contribution is -1.95. The van der Waals surface area contributed by atoms with Crippen LogP contribution in [-0.4, -0.2) is 17.2 Å². The highest BCUT2D eigenvalue weighted by Gasteiger charge is 2.16. The zero-order chi connectivity index (χ0) is 14.0. The number of aromatic nitrogens is 1. The van der Waals surface area contributed by atoms with E-state index in [9.17, 15) is 5.11 Å². The Balaban J connectivity index is 2.61. The van der Waals surface area contributed by atoms with Crippen LogP contribution >= 0.6 is 11.3 Å². The topological polar surface area (TPSA) is 68.4 Å². The molecule has 4 nitrogen and oxygen atoms in total. The standard InChI is InChI=1S/C14H18N2O2S/c1-8(2)9-4-5-11(18-3)10(6-9)13-12(7-17)19-14(15)16-13/h4-6,8,17H,7H2,1-3H3,(H2,15,16). The number of hydrogen-bond donors (Lipinski definition) is 2. The van der Waals surface area contributed by atoms with Gasteiger partial charge in [-0.1, -0.05) is 31.3 Å². The van der Waals surface area contributed by atoms with E-state index >= 15 is 0 Å². The van der Waals surface area contributed by atoms with E-state index < -0.39 is 0 Å². The molecular formula is C14H18N2O2S. The van der Waals surface area contributed by atoms with Gasteiger partial charge in [-0.2, -0.15) is 0 Å². The second-order valence-corrected chi connectivity index (χ2v) is 5.71. The van der Waals surface area contributed by atoms with Crippen molar-refractivity contribution >= 4 is 16.5 Å². The zero-order valence-corrected chi connectivity index (χ0v) is 12.1. The van der Waals surface area contributed by atoms with Crippen molar-refractivity contribution in [3.63, 3.8) is 0 Å². The summed E-state index contributed by atoms with van der Waals surface area (Å²) in [6.07, 6.45) is 0. The van der Waals surface area contributed by atoms with Gasteiger partial charge in [-0.25, -0.2) is 4.98 Å². The highest BCUT2D eigenvalue weighted by molar-refractivity contribution is 7.15. The van der Waals surface area contributed by atoms with Gasteiger partial charge in [0.25, 0.3) is 0 Å². The van der Waals surface area contributed by atoms with Crippen LogP contribution in [0.2, 0.25) is 0 Å². The third-order valence-corrected chi connectivity index (χ3v) is 3.87. The van der Waals surface area contributed by atoms with E-state index in [1.807, 2.05) is 12.1 Å². The lowest BCUT2D eigenvalue weighted by Gasteiger charge is -2.12. The van der Waals surface area contributed by atoms with Crippen molar-refractivity contribution < 1.29 is 9.84 Å². The third kappa shape index (κ3) is 2.72. The van der Waals surface area contributed by atoms with Gasteiger partial charge in [-0.15, -0.1) is 0 Å². The van der Waals surface area contributed by atoms with Crippen molar-refractivity contribution in [1.29, 1.82) is 0 Å². The summed E-state index contributed by atoms with van der Waals surface area (Å²) in [6, 6.07) is 6.03. The molecular weight excluding hydrogens is 260 g/mol. The SMILES string of the molecule is COc1ccc(C(C)C)cc1-c1nc(N)sc1CO. The maximum Gasteiger partial charge on any atom is 0.180 e. The Morgan fingerprint density at radius 2 is 2.16 bits per heavy atom. The summed E-state index contributed by atoms with van der Waals surface area (Å²) >= 11 is 1.30. The van der Waals surface area contributed by atoms with Gasteiger partial charge in [0.05, 0.1) is 24.3 Å². The van der Waals surface area contributed by atoms with Gasteiger partial charge < -0.3 is 15.6 Å². The normalized spacial score (nSPS) is 11.0. The lowest BCUT2D eigenvalue weighted by molar-refractivity contribution is 0.286. The van der Waals surface area contributed by atoms with E-state index in [0.29, 0.717) is 16.7 Å². The molecule has 0 aliphatic carbocycles. The first-order valence-corrected chi connectivity index (χ1v) is 6.92. The van der Waals surface area contributed by atoms with Gasteiger partial charge in [0.2, 0.25) is 0 Å². The lowest BCUT2D eigenvalue weighted by atomic mass is 9.98. The van der Waals surface area contributed by atoms with Crippen molar-refractivity contribution in [3.8, 4) is 17.0 Å². The van der Waals surface area contributed by atoms with E-state index in [-0.39, 0.29) is 6.61 Å². The Hall–Kier alpha value is -1.59. The number of nitrogen functional groups attached to an aromatic ring is 1. The molecule has 0 aliphatic heterocycles. The minimum Gasteiger partial charge on any atom is -0.496 e. The summed E-state index contributed by atoms with van der Waals surface area (Å²) in [5.74, 6) is 1.16. The maximum atomic E-state index is 9.41. The van der Waals surface area contributed by atoms with E-state index in [1.54, 1.807) is 7.11 Å². The number of nitrogens with two attached hydrogens (primary N) is 1. The van der Waals surface area contributed by atoms with Gasteiger partial charge in [0.15, 0.2) is 5.13 Å². The number of methoxy groups -OCH3 is 1. The molecule has 3 N–H and O–H groups in total. The molecule has 19 heavy (non-hydrogen) atoms. The Kier molecular flexibility index (Phi) is 4.07. The molecule has 0 spiro atoms. The quantitative estimate of drug-likeness (QED) is 0.902. The molecule has 0 saturated heterocycles. The first-order valence-electron chi connectivity index (χ1n) is 6.11. The Labute approximate surface area is 116 Å². The molecule has 1 aromatic heterocycles. The first kappa shape index (κ1) is 13.8. The van der Waals surface area contributed by atoms with Crippen LogP contribution in [0.15, 0.2) is 18.2 Å². The fourth-order valence-electron chi connectivity index (χ4n) is 1.96. The van der Waals surface area contributed by atoms with Crippen molar-refractivity contribution in [1.82, 2.24) is 4.98 Å². The summed E-state index contributed by atoms with van der Waals surface area (Å²) in [5.41, 5.74) is 8.53. The van der Waals surface area contributed by atoms with Gasteiger partial charge >= 0.3 is 0 Å². The minimum atomic E-state index is -0.0702. The summed E-state index contributed by atoms with van der Waals surface area (Å²) in [5, 5.41) is 9.86. The van der Waals surface area contributed by atoms with Crippen LogP contribution < -0.4 is 10.5 Å². The summed E-state index contributed by atoms with van der Waals surface area (Å²) in [4.78, 5) is 5.08. The average molecular weight is 278 g/mol. The maximum absolute atomic E-state index is 9.41. The number of anilines is 1. The van der Waals surface area contributed by atoms with Crippen LogP contribution in [0.3, 0.4) is 0 Å².